The van der Waals surface area contributed by atoms with Gasteiger partial charge in [0, 0.05) is 29.6 Å². The first-order valence-corrected chi connectivity index (χ1v) is 8.53. The zero-order chi connectivity index (χ0) is 16.0. The van der Waals surface area contributed by atoms with Crippen LogP contribution < -0.4 is 16.2 Å². The molecule has 1 aromatic carbocycles. The molecule has 2 aliphatic rings. The lowest BCUT2D eigenvalue weighted by Gasteiger charge is -2.33. The van der Waals surface area contributed by atoms with Gasteiger partial charge in [-0.15, -0.1) is 0 Å². The topological polar surface area (TPSA) is 72.4 Å². The van der Waals surface area contributed by atoms with E-state index >= 15 is 0 Å². The van der Waals surface area contributed by atoms with Crippen LogP contribution in [-0.4, -0.2) is 11.8 Å². The number of anilines is 1. The molecule has 4 nitrogen and oxygen atoms in total. The van der Waals surface area contributed by atoms with E-state index in [-0.39, 0.29) is 0 Å². The number of benzene rings is 1. The quantitative estimate of drug-likeness (QED) is 0.597. The van der Waals surface area contributed by atoms with E-state index in [9.17, 15) is 0 Å². The van der Waals surface area contributed by atoms with Crippen LogP contribution in [0.3, 0.4) is 0 Å². The highest BCUT2D eigenvalue weighted by Gasteiger charge is 2.36. The van der Waals surface area contributed by atoms with E-state index in [1.54, 1.807) is 0 Å². The molecule has 23 heavy (non-hydrogen) atoms. The zero-order valence-electron chi connectivity index (χ0n) is 12.9. The Labute approximate surface area is 140 Å². The summed E-state index contributed by atoms with van der Waals surface area (Å²) in [5.74, 6) is 1.03. The third kappa shape index (κ3) is 2.61. The van der Waals surface area contributed by atoms with Crippen molar-refractivity contribution in [3.8, 4) is 0 Å². The van der Waals surface area contributed by atoms with Crippen LogP contribution in [0.2, 0.25) is 5.02 Å². The summed E-state index contributed by atoms with van der Waals surface area (Å²) in [6.45, 7) is 0.607. The summed E-state index contributed by atoms with van der Waals surface area (Å²) in [6.07, 6.45) is 6.48. The van der Waals surface area contributed by atoms with Gasteiger partial charge < -0.3 is 10.9 Å². The Morgan fingerprint density at radius 2 is 2.22 bits per heavy atom. The molecule has 4 rings (SSSR count). The average Bonchev–Trinajstić information content (AvgIpc) is 2.52. The number of aromatic amines is 1. The van der Waals surface area contributed by atoms with Gasteiger partial charge in [-0.1, -0.05) is 23.3 Å². The third-order valence-corrected chi connectivity index (χ3v) is 5.41. The van der Waals surface area contributed by atoms with Gasteiger partial charge in [-0.2, -0.15) is 0 Å². The Morgan fingerprint density at radius 3 is 3.04 bits per heavy atom. The Balaban J connectivity index is 1.77. The molecule has 0 amide bonds. The van der Waals surface area contributed by atoms with Gasteiger partial charge in [0.2, 0.25) is 5.52 Å². The molecule has 2 aromatic rings. The lowest BCUT2D eigenvalue weighted by atomic mass is 9.70. The van der Waals surface area contributed by atoms with Gasteiger partial charge in [0.15, 0.2) is 5.69 Å². The van der Waals surface area contributed by atoms with Crippen molar-refractivity contribution in [1.29, 1.82) is 0 Å². The summed E-state index contributed by atoms with van der Waals surface area (Å²) in [6, 6.07) is 5.85. The van der Waals surface area contributed by atoms with Gasteiger partial charge in [0.25, 0.3) is 0 Å². The summed E-state index contributed by atoms with van der Waals surface area (Å²) in [7, 11) is 0. The van der Waals surface area contributed by atoms with E-state index < -0.39 is 0 Å². The van der Waals surface area contributed by atoms with Gasteiger partial charge >= 0.3 is 0 Å². The minimum Gasteiger partial charge on any atom is -0.398 e. The first-order valence-electron chi connectivity index (χ1n) is 8.15. The molecule has 0 radical (unpaired) electrons. The number of H-pyrrole nitrogens is 1. The second kappa shape index (κ2) is 5.78. The number of rotatable bonds is 3. The number of nitrogen functional groups attached to an aromatic ring is 1. The predicted molar refractivity (Wildman–Crippen MR) is 91.6 cm³/mol. The molecule has 2 aliphatic carbocycles. The van der Waals surface area contributed by atoms with Crippen LogP contribution in [0.5, 0.6) is 0 Å². The smallest absolute Gasteiger partial charge is 0.214 e. The van der Waals surface area contributed by atoms with Crippen molar-refractivity contribution in [3.63, 3.8) is 0 Å². The maximum absolute atomic E-state index is 8.83. The number of nitrogens with two attached hydrogens (primary N) is 1. The summed E-state index contributed by atoms with van der Waals surface area (Å²) < 4.78 is 0. The van der Waals surface area contributed by atoms with Crippen LogP contribution in [-0.2, 0) is 6.42 Å². The normalized spacial score (nSPS) is 22.8. The van der Waals surface area contributed by atoms with E-state index in [2.05, 4.69) is 16.5 Å². The number of hydrogen-bond acceptors (Lipinski definition) is 3. The van der Waals surface area contributed by atoms with Gasteiger partial charge in [-0.05, 0) is 43.2 Å². The van der Waals surface area contributed by atoms with Crippen molar-refractivity contribution in [2.24, 2.45) is 5.92 Å². The van der Waals surface area contributed by atoms with Crippen LogP contribution in [0, 0.1) is 5.92 Å². The lowest BCUT2D eigenvalue weighted by Crippen LogP contribution is -2.30. The first kappa shape index (κ1) is 14.9. The standard InChI is InChI=1S/C18H20ClN3O/c19-13-1-2-14-15(9-13)22-16-8-11-5-10(3-4-21-23)6-12(7-11)17(16)18(14)20/h1-2,5,9,11-12,21,23H,3-4,6-8H2,(H2,20,22)/p+1. The zero-order valence-corrected chi connectivity index (χ0v) is 13.7. The molecule has 120 valence electrons. The minimum absolute atomic E-state index is 0.471. The lowest BCUT2D eigenvalue weighted by molar-refractivity contribution is -0.360. The summed E-state index contributed by atoms with van der Waals surface area (Å²) in [5, 5.41) is 10.6. The second-order valence-electron chi connectivity index (χ2n) is 6.70. The van der Waals surface area contributed by atoms with Crippen molar-refractivity contribution in [1.82, 2.24) is 5.48 Å². The number of fused-ring (bicyclic) bond motifs is 5. The number of aromatic nitrogens is 1. The van der Waals surface area contributed by atoms with Crippen LogP contribution in [0.25, 0.3) is 10.9 Å². The first-order chi connectivity index (χ1) is 11.2. The molecule has 1 heterocycles. The van der Waals surface area contributed by atoms with Gasteiger partial charge in [-0.25, -0.2) is 10.5 Å². The highest BCUT2D eigenvalue weighted by molar-refractivity contribution is 6.31. The summed E-state index contributed by atoms with van der Waals surface area (Å²) in [5.41, 5.74) is 14.7. The molecule has 0 fully saturated rings. The average molecular weight is 331 g/mol. The number of hydrogen-bond donors (Lipinski definition) is 3. The summed E-state index contributed by atoms with van der Waals surface area (Å²) in [4.78, 5) is 3.57. The molecule has 2 bridgehead atoms. The highest BCUT2D eigenvalue weighted by Crippen LogP contribution is 2.46. The maximum Gasteiger partial charge on any atom is 0.214 e. The van der Waals surface area contributed by atoms with E-state index in [0.29, 0.717) is 18.4 Å². The SMILES string of the molecule is Nc1c2c([nH+]c3cc(Cl)ccc13)CC1C=C(CCNO)CC2C1. The number of nitrogens with one attached hydrogen (secondary N) is 2. The van der Waals surface area contributed by atoms with E-state index in [1.165, 1.54) is 23.3 Å². The van der Waals surface area contributed by atoms with Crippen LogP contribution in [0.15, 0.2) is 29.8 Å². The van der Waals surface area contributed by atoms with Gasteiger partial charge in [-0.3, -0.25) is 0 Å². The fourth-order valence-corrected chi connectivity index (χ4v) is 4.45. The minimum atomic E-state index is 0.471. The second-order valence-corrected chi connectivity index (χ2v) is 7.14. The van der Waals surface area contributed by atoms with Gasteiger partial charge in [0.05, 0.1) is 11.1 Å². The Morgan fingerprint density at radius 1 is 1.35 bits per heavy atom. The van der Waals surface area contributed by atoms with Crippen molar-refractivity contribution in [2.75, 3.05) is 12.3 Å². The van der Waals surface area contributed by atoms with Crippen LogP contribution in [0.1, 0.15) is 36.4 Å². The number of hydroxylamine groups is 1. The van der Waals surface area contributed by atoms with Crippen LogP contribution in [0.4, 0.5) is 5.69 Å². The third-order valence-electron chi connectivity index (χ3n) is 5.17. The van der Waals surface area contributed by atoms with Crippen molar-refractivity contribution in [2.45, 2.75) is 31.6 Å². The highest BCUT2D eigenvalue weighted by atomic mass is 35.5. The van der Waals surface area contributed by atoms with E-state index in [4.69, 9.17) is 22.5 Å². The molecule has 2 atom stereocenters. The monoisotopic (exact) mass is 330 g/mol. The Bertz CT molecular complexity index is 802. The van der Waals surface area contributed by atoms with Crippen molar-refractivity contribution >= 4 is 28.2 Å². The van der Waals surface area contributed by atoms with E-state index in [0.717, 1.165) is 40.9 Å². The molecule has 0 saturated carbocycles. The predicted octanol–water partition coefficient (Wildman–Crippen LogP) is 3.23. The Hall–Kier alpha value is -1.62. The fraction of sp³-hybridized carbons (Fsp3) is 0.389. The number of allylic oxidation sites excluding steroid dienone is 1. The number of pyridine rings is 1. The molecular formula is C18H21ClN3O+. The molecular weight excluding hydrogens is 310 g/mol. The molecule has 5 heteroatoms. The number of halogens is 1. The van der Waals surface area contributed by atoms with Crippen molar-refractivity contribution in [3.05, 3.63) is 46.1 Å². The van der Waals surface area contributed by atoms with Gasteiger partial charge in [0.1, 0.15) is 0 Å². The molecule has 2 unspecified atom stereocenters. The van der Waals surface area contributed by atoms with Crippen LogP contribution >= 0.6 is 11.6 Å². The Kier molecular flexibility index (Phi) is 3.76. The molecule has 5 N–H and O–H groups in total. The molecule has 0 aliphatic heterocycles. The maximum atomic E-state index is 8.83. The molecule has 0 saturated heterocycles. The van der Waals surface area contributed by atoms with Crippen molar-refractivity contribution < 1.29 is 10.2 Å². The summed E-state index contributed by atoms with van der Waals surface area (Å²) >= 11 is 6.12. The molecule has 0 spiro atoms. The molecule has 1 aromatic heterocycles. The largest absolute Gasteiger partial charge is 0.398 e. The fourth-order valence-electron chi connectivity index (χ4n) is 4.28. The van der Waals surface area contributed by atoms with E-state index in [1.807, 2.05) is 18.2 Å².